The minimum Gasteiger partial charge on any atom is -0.472 e. The van der Waals surface area contributed by atoms with E-state index in [1.165, 1.54) is 0 Å². The molecule has 2 heterocycles. The first-order valence-corrected chi connectivity index (χ1v) is 3.94. The van der Waals surface area contributed by atoms with Gasteiger partial charge in [0.25, 0.3) is 0 Å². The van der Waals surface area contributed by atoms with Crippen LogP contribution in [0.15, 0.2) is 37.2 Å². The van der Waals surface area contributed by atoms with E-state index in [9.17, 15) is 0 Å². The zero-order valence-corrected chi connectivity index (χ0v) is 7.05. The third kappa shape index (κ3) is 1.51. The fourth-order valence-corrected chi connectivity index (χ4v) is 1.02. The molecule has 2 rings (SSSR count). The highest BCUT2D eigenvalue weighted by Gasteiger charge is 1.97. The van der Waals surface area contributed by atoms with Crippen molar-refractivity contribution in [1.29, 1.82) is 0 Å². The monoisotopic (exact) mass is 175 g/mol. The van der Waals surface area contributed by atoms with Gasteiger partial charge >= 0.3 is 0 Å². The Bertz CT molecular complexity index is 421. The molecule has 0 bridgehead atoms. The van der Waals surface area contributed by atoms with Crippen LogP contribution in [0, 0.1) is 0 Å². The van der Waals surface area contributed by atoms with Crippen LogP contribution in [0.3, 0.4) is 0 Å². The van der Waals surface area contributed by atoms with E-state index < -0.39 is 0 Å². The quantitative estimate of drug-likeness (QED) is 0.660. The van der Waals surface area contributed by atoms with Crippen LogP contribution in [0.4, 0.5) is 0 Å². The van der Waals surface area contributed by atoms with Crippen LogP contribution >= 0.6 is 0 Å². The lowest BCUT2D eigenvalue weighted by Crippen LogP contribution is -1.98. The van der Waals surface area contributed by atoms with E-state index in [1.807, 2.05) is 6.07 Å². The molecule has 0 aliphatic carbocycles. The summed E-state index contributed by atoms with van der Waals surface area (Å²) in [5, 5.41) is 4.16. The Hall–Kier alpha value is -1.84. The zero-order chi connectivity index (χ0) is 9.10. The van der Waals surface area contributed by atoms with Crippen molar-refractivity contribution in [3.63, 3.8) is 0 Å². The maximum Gasteiger partial charge on any atom is 0.232 e. The molecule has 0 N–H and O–H groups in total. The maximum atomic E-state index is 5.25. The van der Waals surface area contributed by atoms with E-state index >= 15 is 0 Å². The minimum atomic E-state index is 0.465. The molecule has 0 spiro atoms. The number of nitrogens with zero attached hydrogens (tertiary/aromatic N) is 3. The van der Waals surface area contributed by atoms with Crippen molar-refractivity contribution >= 4 is 5.65 Å². The number of imidazole rings is 1. The SMILES string of the molecule is C=CCOc1ccc2nccn2n1. The van der Waals surface area contributed by atoms with Gasteiger partial charge < -0.3 is 4.74 Å². The molecule has 2 aromatic rings. The van der Waals surface area contributed by atoms with E-state index in [0.29, 0.717) is 12.5 Å². The van der Waals surface area contributed by atoms with Gasteiger partial charge in [-0.25, -0.2) is 9.50 Å². The van der Waals surface area contributed by atoms with Gasteiger partial charge in [0.1, 0.15) is 6.61 Å². The maximum absolute atomic E-state index is 5.25. The highest BCUT2D eigenvalue weighted by molar-refractivity contribution is 5.37. The van der Waals surface area contributed by atoms with Crippen LogP contribution in [0.2, 0.25) is 0 Å². The van der Waals surface area contributed by atoms with Gasteiger partial charge in [0.2, 0.25) is 5.88 Å². The van der Waals surface area contributed by atoms with Gasteiger partial charge in [-0.2, -0.15) is 0 Å². The Kier molecular flexibility index (Phi) is 1.96. The summed E-state index contributed by atoms with van der Waals surface area (Å²) in [6, 6.07) is 3.64. The van der Waals surface area contributed by atoms with Crippen molar-refractivity contribution in [2.45, 2.75) is 0 Å². The summed E-state index contributed by atoms with van der Waals surface area (Å²) in [5.41, 5.74) is 0.811. The Labute approximate surface area is 75.5 Å². The highest BCUT2D eigenvalue weighted by Crippen LogP contribution is 2.07. The molecular formula is C9H9N3O. The van der Waals surface area contributed by atoms with Crippen LogP contribution in [-0.4, -0.2) is 21.2 Å². The number of fused-ring (bicyclic) bond motifs is 1. The second-order valence-electron chi connectivity index (χ2n) is 2.50. The molecular weight excluding hydrogens is 166 g/mol. The van der Waals surface area contributed by atoms with Crippen molar-refractivity contribution in [3.8, 4) is 5.88 Å². The Balaban J connectivity index is 2.31. The summed E-state index contributed by atoms with van der Waals surface area (Å²) >= 11 is 0. The third-order valence-corrected chi connectivity index (χ3v) is 1.58. The molecule has 2 aromatic heterocycles. The molecule has 13 heavy (non-hydrogen) atoms. The molecule has 0 atom stereocenters. The fourth-order valence-electron chi connectivity index (χ4n) is 1.02. The van der Waals surface area contributed by atoms with Crippen LogP contribution in [0.1, 0.15) is 0 Å². The third-order valence-electron chi connectivity index (χ3n) is 1.58. The van der Waals surface area contributed by atoms with Crippen molar-refractivity contribution in [1.82, 2.24) is 14.6 Å². The molecule has 0 aliphatic rings. The van der Waals surface area contributed by atoms with E-state index in [2.05, 4.69) is 16.7 Å². The van der Waals surface area contributed by atoms with Gasteiger partial charge in [0, 0.05) is 18.5 Å². The normalized spacial score (nSPS) is 10.2. The molecule has 0 saturated heterocycles. The second kappa shape index (κ2) is 3.26. The summed E-state index contributed by atoms with van der Waals surface area (Å²) in [6.45, 7) is 4.02. The molecule has 66 valence electrons. The van der Waals surface area contributed by atoms with E-state index in [0.717, 1.165) is 5.65 Å². The summed E-state index contributed by atoms with van der Waals surface area (Å²) in [5.74, 6) is 0.574. The summed E-state index contributed by atoms with van der Waals surface area (Å²) in [6.07, 6.45) is 5.15. The number of aromatic nitrogens is 3. The molecule has 0 fully saturated rings. The van der Waals surface area contributed by atoms with Crippen LogP contribution in [-0.2, 0) is 0 Å². The van der Waals surface area contributed by atoms with Crippen molar-refractivity contribution in [3.05, 3.63) is 37.2 Å². The Morgan fingerprint density at radius 1 is 1.54 bits per heavy atom. The molecule has 0 aliphatic heterocycles. The van der Waals surface area contributed by atoms with Crippen molar-refractivity contribution in [2.75, 3.05) is 6.61 Å². The van der Waals surface area contributed by atoms with Gasteiger partial charge in [-0.1, -0.05) is 12.7 Å². The summed E-state index contributed by atoms with van der Waals surface area (Å²) < 4.78 is 6.92. The van der Waals surface area contributed by atoms with E-state index in [-0.39, 0.29) is 0 Å². The lowest BCUT2D eigenvalue weighted by molar-refractivity contribution is 0.342. The molecule has 0 amide bonds. The molecule has 0 aromatic carbocycles. The van der Waals surface area contributed by atoms with Gasteiger partial charge in [0.05, 0.1) is 0 Å². The summed E-state index contributed by atoms with van der Waals surface area (Å²) in [7, 11) is 0. The molecule has 4 heteroatoms. The average Bonchev–Trinajstić information content (AvgIpc) is 2.61. The van der Waals surface area contributed by atoms with Crippen LogP contribution in [0.25, 0.3) is 5.65 Å². The first kappa shape index (κ1) is 7.79. The van der Waals surface area contributed by atoms with Crippen molar-refractivity contribution in [2.24, 2.45) is 0 Å². The topological polar surface area (TPSA) is 39.4 Å². The Morgan fingerprint density at radius 3 is 3.31 bits per heavy atom. The first-order chi connectivity index (χ1) is 6.40. The highest BCUT2D eigenvalue weighted by atomic mass is 16.5. The summed E-state index contributed by atoms with van der Waals surface area (Å²) in [4.78, 5) is 4.06. The van der Waals surface area contributed by atoms with E-state index in [4.69, 9.17) is 4.74 Å². The predicted octanol–water partition coefficient (Wildman–Crippen LogP) is 1.29. The molecule has 0 radical (unpaired) electrons. The lowest BCUT2D eigenvalue weighted by atomic mass is 10.5. The van der Waals surface area contributed by atoms with Crippen molar-refractivity contribution < 1.29 is 4.74 Å². The molecule has 0 unspecified atom stereocenters. The standard InChI is InChI=1S/C9H9N3O/c1-2-7-13-9-4-3-8-10-5-6-12(8)11-9/h2-6H,1,7H2. The van der Waals surface area contributed by atoms with Crippen LogP contribution in [0.5, 0.6) is 5.88 Å². The average molecular weight is 175 g/mol. The Morgan fingerprint density at radius 2 is 2.46 bits per heavy atom. The predicted molar refractivity (Wildman–Crippen MR) is 48.7 cm³/mol. The smallest absolute Gasteiger partial charge is 0.232 e. The number of ether oxygens (including phenoxy) is 1. The van der Waals surface area contributed by atoms with Gasteiger partial charge in [-0.3, -0.25) is 0 Å². The largest absolute Gasteiger partial charge is 0.472 e. The van der Waals surface area contributed by atoms with Gasteiger partial charge in [0.15, 0.2) is 5.65 Å². The van der Waals surface area contributed by atoms with Gasteiger partial charge in [-0.05, 0) is 6.07 Å². The zero-order valence-electron chi connectivity index (χ0n) is 7.05. The fraction of sp³-hybridized carbons (Fsp3) is 0.111. The van der Waals surface area contributed by atoms with Crippen LogP contribution < -0.4 is 4.74 Å². The van der Waals surface area contributed by atoms with Gasteiger partial charge in [-0.15, -0.1) is 5.10 Å². The lowest BCUT2D eigenvalue weighted by Gasteiger charge is -2.00. The second-order valence-corrected chi connectivity index (χ2v) is 2.50. The van der Waals surface area contributed by atoms with E-state index in [1.54, 1.807) is 29.1 Å². The molecule has 4 nitrogen and oxygen atoms in total. The number of rotatable bonds is 3. The number of hydrogen-bond donors (Lipinski definition) is 0. The first-order valence-electron chi connectivity index (χ1n) is 3.94. The minimum absolute atomic E-state index is 0.465. The number of hydrogen-bond acceptors (Lipinski definition) is 3. The molecule has 0 saturated carbocycles.